The van der Waals surface area contributed by atoms with Crippen molar-refractivity contribution in [2.24, 2.45) is 0 Å². The zero-order valence-corrected chi connectivity index (χ0v) is 20.0. The van der Waals surface area contributed by atoms with Crippen LogP contribution < -0.4 is 15.5 Å². The number of rotatable bonds is 6. The number of amides is 1. The summed E-state index contributed by atoms with van der Waals surface area (Å²) in [4.78, 5) is 13.4. The van der Waals surface area contributed by atoms with Crippen LogP contribution in [0.5, 0.6) is 5.75 Å². The van der Waals surface area contributed by atoms with E-state index in [4.69, 9.17) is 16.3 Å². The Balaban J connectivity index is 1.69. The molecule has 4 rings (SSSR count). The summed E-state index contributed by atoms with van der Waals surface area (Å²) < 4.78 is 7.18. The van der Waals surface area contributed by atoms with Gasteiger partial charge in [0.2, 0.25) is 11.1 Å². The average Bonchev–Trinajstić information content (AvgIpc) is 3.14. The Kier molecular flexibility index (Phi) is 6.62. The lowest BCUT2D eigenvalue weighted by molar-refractivity contribution is -0.116. The first-order chi connectivity index (χ1) is 15.4. The van der Waals surface area contributed by atoms with Crippen LogP contribution in [0.4, 0.5) is 5.69 Å². The van der Waals surface area contributed by atoms with Gasteiger partial charge in [0.15, 0.2) is 5.82 Å². The largest absolute Gasteiger partial charge is 0.495 e. The summed E-state index contributed by atoms with van der Waals surface area (Å²) in [5.41, 5.74) is 7.31. The van der Waals surface area contributed by atoms with E-state index in [2.05, 4.69) is 33.9 Å². The summed E-state index contributed by atoms with van der Waals surface area (Å²) in [7, 11) is 1.58. The second-order valence-corrected chi connectivity index (χ2v) is 9.40. The number of nitrogens with zero attached hydrogens (tertiary/aromatic N) is 3. The zero-order chi connectivity index (χ0) is 22.8. The predicted molar refractivity (Wildman–Crippen MR) is 128 cm³/mol. The fourth-order valence-electron chi connectivity index (χ4n) is 3.87. The molecule has 2 atom stereocenters. The van der Waals surface area contributed by atoms with Crippen molar-refractivity contribution < 1.29 is 9.53 Å². The van der Waals surface area contributed by atoms with Gasteiger partial charge in [0.25, 0.3) is 0 Å². The van der Waals surface area contributed by atoms with E-state index in [-0.39, 0.29) is 11.9 Å². The number of carbonyl (C=O) groups excluding carboxylic acids is 1. The van der Waals surface area contributed by atoms with Crippen LogP contribution in [0.1, 0.15) is 41.9 Å². The van der Waals surface area contributed by atoms with Gasteiger partial charge >= 0.3 is 0 Å². The molecule has 1 aliphatic heterocycles. The molecule has 9 heteroatoms. The average molecular weight is 472 g/mol. The van der Waals surface area contributed by atoms with E-state index in [1.807, 2.05) is 48.9 Å². The number of benzene rings is 2. The number of aromatic nitrogens is 3. The standard InChI is InChI=1S/C23H26ClN5O2S/c1-5-6-19-26-27-23-29(19)28-20(15-7-8-18(31-4)17(24)12-15)21(32-23)22(30)25-16-10-13(2)9-14(3)11-16/h7-12,20-21,28H,5-6H2,1-4H3,(H,25,30)/t20-,21+/m0/s1. The first kappa shape index (κ1) is 22.5. The van der Waals surface area contributed by atoms with Gasteiger partial charge in [-0.15, -0.1) is 10.2 Å². The second kappa shape index (κ2) is 9.42. The van der Waals surface area contributed by atoms with Gasteiger partial charge in [0.05, 0.1) is 18.2 Å². The maximum atomic E-state index is 13.4. The normalized spacial score (nSPS) is 17.4. The molecule has 2 heterocycles. The van der Waals surface area contributed by atoms with Crippen LogP contribution in [0.15, 0.2) is 41.6 Å². The molecule has 0 bridgehead atoms. The number of ether oxygens (including phenoxy) is 1. The topological polar surface area (TPSA) is 81.1 Å². The molecule has 0 radical (unpaired) electrons. The van der Waals surface area contributed by atoms with Gasteiger partial charge in [-0.05, 0) is 61.2 Å². The Morgan fingerprint density at radius 2 is 1.97 bits per heavy atom. The van der Waals surface area contributed by atoms with Crippen molar-refractivity contribution in [3.8, 4) is 5.75 Å². The zero-order valence-electron chi connectivity index (χ0n) is 18.5. The third-order valence-corrected chi connectivity index (χ3v) is 6.77. The van der Waals surface area contributed by atoms with E-state index in [0.717, 1.165) is 41.0 Å². The van der Waals surface area contributed by atoms with Gasteiger partial charge in [-0.3, -0.25) is 4.79 Å². The molecule has 1 amide bonds. The molecule has 2 aromatic carbocycles. The first-order valence-electron chi connectivity index (χ1n) is 10.5. The van der Waals surface area contributed by atoms with Gasteiger partial charge in [-0.2, -0.15) is 0 Å². The molecule has 1 aliphatic rings. The van der Waals surface area contributed by atoms with E-state index >= 15 is 0 Å². The summed E-state index contributed by atoms with van der Waals surface area (Å²) in [6.45, 7) is 6.12. The molecule has 0 spiro atoms. The maximum Gasteiger partial charge on any atom is 0.240 e. The number of hydrogen-bond acceptors (Lipinski definition) is 6. The second-order valence-electron chi connectivity index (χ2n) is 7.89. The predicted octanol–water partition coefficient (Wildman–Crippen LogP) is 4.91. The molecule has 168 valence electrons. The fourth-order valence-corrected chi connectivity index (χ4v) is 5.24. The molecule has 0 saturated carbocycles. The third kappa shape index (κ3) is 4.56. The van der Waals surface area contributed by atoms with E-state index in [1.165, 1.54) is 11.8 Å². The summed E-state index contributed by atoms with van der Waals surface area (Å²) in [6.07, 6.45) is 1.73. The van der Waals surface area contributed by atoms with Crippen LogP contribution >= 0.6 is 23.4 Å². The van der Waals surface area contributed by atoms with Crippen molar-refractivity contribution >= 4 is 35.0 Å². The Hall–Kier alpha value is -2.71. The van der Waals surface area contributed by atoms with Crippen molar-refractivity contribution in [1.82, 2.24) is 14.9 Å². The number of thioether (sulfide) groups is 1. The number of carbonyl (C=O) groups is 1. The Morgan fingerprint density at radius 1 is 1.22 bits per heavy atom. The quantitative estimate of drug-likeness (QED) is 0.531. The molecule has 7 nitrogen and oxygen atoms in total. The van der Waals surface area contributed by atoms with Crippen LogP contribution in [-0.2, 0) is 11.2 Å². The number of hydrogen-bond donors (Lipinski definition) is 2. The SMILES string of the molecule is CCCc1nnc2n1N[C@@H](c1ccc(OC)c(Cl)c1)[C@H](C(=O)Nc1cc(C)cc(C)c1)S2. The Bertz CT molecular complexity index is 1130. The highest BCUT2D eigenvalue weighted by molar-refractivity contribution is 8.00. The highest BCUT2D eigenvalue weighted by atomic mass is 35.5. The van der Waals surface area contributed by atoms with Crippen LogP contribution in [0.25, 0.3) is 0 Å². The molecular weight excluding hydrogens is 446 g/mol. The summed E-state index contributed by atoms with van der Waals surface area (Å²) >= 11 is 7.81. The monoisotopic (exact) mass is 471 g/mol. The maximum absolute atomic E-state index is 13.4. The Labute approximate surface area is 196 Å². The molecule has 0 unspecified atom stereocenters. The van der Waals surface area contributed by atoms with Crippen LogP contribution in [0, 0.1) is 13.8 Å². The van der Waals surface area contributed by atoms with E-state index < -0.39 is 5.25 Å². The number of fused-ring (bicyclic) bond motifs is 1. The van der Waals surface area contributed by atoms with Gasteiger partial charge in [0.1, 0.15) is 11.0 Å². The van der Waals surface area contributed by atoms with Crippen molar-refractivity contribution in [1.29, 1.82) is 0 Å². The molecule has 0 saturated heterocycles. The molecule has 32 heavy (non-hydrogen) atoms. The van der Waals surface area contributed by atoms with Crippen LogP contribution in [-0.4, -0.2) is 33.1 Å². The summed E-state index contributed by atoms with van der Waals surface area (Å²) in [5, 5.41) is 12.4. The van der Waals surface area contributed by atoms with Crippen molar-refractivity contribution in [3.63, 3.8) is 0 Å². The molecule has 0 aliphatic carbocycles. The number of anilines is 1. The van der Waals surface area contributed by atoms with Gasteiger partial charge < -0.3 is 15.5 Å². The number of nitrogens with one attached hydrogen (secondary N) is 2. The van der Waals surface area contributed by atoms with E-state index in [9.17, 15) is 4.79 Å². The lowest BCUT2D eigenvalue weighted by Crippen LogP contribution is -2.41. The van der Waals surface area contributed by atoms with Gasteiger partial charge in [0, 0.05) is 12.1 Å². The minimum absolute atomic E-state index is 0.115. The third-order valence-electron chi connectivity index (χ3n) is 5.26. The molecule has 0 fully saturated rings. The van der Waals surface area contributed by atoms with Crippen LogP contribution in [0.3, 0.4) is 0 Å². The number of aryl methyl sites for hydroxylation is 3. The van der Waals surface area contributed by atoms with Crippen LogP contribution in [0.2, 0.25) is 5.02 Å². The first-order valence-corrected chi connectivity index (χ1v) is 11.8. The van der Waals surface area contributed by atoms with Crippen molar-refractivity contribution in [2.75, 3.05) is 17.9 Å². The summed E-state index contributed by atoms with van der Waals surface area (Å²) in [5.74, 6) is 1.32. The smallest absolute Gasteiger partial charge is 0.240 e. The lowest BCUT2D eigenvalue weighted by atomic mass is 10.0. The van der Waals surface area contributed by atoms with Gasteiger partial charge in [-0.25, -0.2) is 4.68 Å². The highest BCUT2D eigenvalue weighted by Gasteiger charge is 2.38. The summed E-state index contributed by atoms with van der Waals surface area (Å²) in [6, 6.07) is 11.2. The number of methoxy groups -OCH3 is 1. The Morgan fingerprint density at radius 3 is 2.62 bits per heavy atom. The molecule has 1 aromatic heterocycles. The molecule has 3 aromatic rings. The minimum Gasteiger partial charge on any atom is -0.495 e. The van der Waals surface area contributed by atoms with E-state index in [0.29, 0.717) is 15.9 Å². The van der Waals surface area contributed by atoms with E-state index in [1.54, 1.807) is 7.11 Å². The van der Waals surface area contributed by atoms with Crippen molar-refractivity contribution in [3.05, 3.63) is 63.9 Å². The minimum atomic E-state index is -0.480. The van der Waals surface area contributed by atoms with Gasteiger partial charge in [-0.1, -0.05) is 42.4 Å². The fraction of sp³-hybridized carbons (Fsp3) is 0.348. The highest BCUT2D eigenvalue weighted by Crippen LogP contribution is 2.39. The molecular formula is C23H26ClN5O2S. The molecule has 2 N–H and O–H groups in total. The van der Waals surface area contributed by atoms with Crippen molar-refractivity contribution in [2.45, 2.75) is 50.1 Å². The number of halogens is 1. The lowest BCUT2D eigenvalue weighted by Gasteiger charge is -2.33.